The fourth-order valence-electron chi connectivity index (χ4n) is 2.79. The van der Waals surface area contributed by atoms with Gasteiger partial charge in [0.1, 0.15) is 0 Å². The summed E-state index contributed by atoms with van der Waals surface area (Å²) in [7, 11) is 0. The maximum absolute atomic E-state index is 12.1. The lowest BCUT2D eigenvalue weighted by molar-refractivity contribution is -0.115. The summed E-state index contributed by atoms with van der Waals surface area (Å²) in [5.74, 6) is -0.426. The van der Waals surface area contributed by atoms with Gasteiger partial charge in [0.05, 0.1) is 23.1 Å². The van der Waals surface area contributed by atoms with Crippen molar-refractivity contribution < 1.29 is 9.90 Å². The Morgan fingerprint density at radius 1 is 1.29 bits per heavy atom. The summed E-state index contributed by atoms with van der Waals surface area (Å²) >= 11 is 0. The number of carbonyl (C=O) groups excluding carboxylic acids is 1. The second-order valence-corrected chi connectivity index (χ2v) is 5.52. The fraction of sp³-hybridized carbons (Fsp3) is 0.294. The number of nitrogens with zero attached hydrogens (tertiary/aromatic N) is 2. The summed E-state index contributed by atoms with van der Waals surface area (Å²) in [5.41, 5.74) is 2.98. The Hall–Kier alpha value is -2.20. The molecule has 0 aromatic heterocycles. The molecule has 2 atom stereocenters. The van der Waals surface area contributed by atoms with E-state index in [1.54, 1.807) is 0 Å². The molecular formula is C17H18N2O2. The summed E-state index contributed by atoms with van der Waals surface area (Å²) in [5, 5.41) is 10.4. The molecule has 0 spiro atoms. The number of hydrogen-bond donors (Lipinski definition) is 1. The smallest absolute Gasteiger partial charge is 0.278 e. The Balaban J connectivity index is 2.02. The third kappa shape index (κ3) is 2.43. The molecule has 0 radical (unpaired) electrons. The van der Waals surface area contributed by atoms with E-state index in [4.69, 9.17) is 0 Å². The van der Waals surface area contributed by atoms with E-state index in [2.05, 4.69) is 4.99 Å². The Kier molecular flexibility index (Phi) is 3.47. The van der Waals surface area contributed by atoms with E-state index in [1.807, 2.05) is 61.4 Å². The summed E-state index contributed by atoms with van der Waals surface area (Å²) in [6.45, 7) is 4.36. The van der Waals surface area contributed by atoms with Crippen molar-refractivity contribution in [1.82, 2.24) is 4.90 Å². The monoisotopic (exact) mass is 282 g/mol. The van der Waals surface area contributed by atoms with Crippen LogP contribution in [0, 0.1) is 5.92 Å². The highest BCUT2D eigenvalue weighted by molar-refractivity contribution is 6.18. The van der Waals surface area contributed by atoms with Gasteiger partial charge in [0, 0.05) is 18.7 Å². The van der Waals surface area contributed by atoms with Gasteiger partial charge in [-0.2, -0.15) is 0 Å². The summed E-state index contributed by atoms with van der Waals surface area (Å²) in [6, 6.07) is 10.0. The molecule has 1 amide bonds. The van der Waals surface area contributed by atoms with E-state index < -0.39 is 6.10 Å². The highest BCUT2D eigenvalue weighted by atomic mass is 16.3. The number of carbonyl (C=O) groups is 1. The van der Waals surface area contributed by atoms with Gasteiger partial charge >= 0.3 is 0 Å². The van der Waals surface area contributed by atoms with E-state index in [0.29, 0.717) is 17.8 Å². The van der Waals surface area contributed by atoms with Gasteiger partial charge in [-0.05, 0) is 12.5 Å². The van der Waals surface area contributed by atoms with Crippen LogP contribution in [-0.2, 0) is 11.3 Å². The second-order valence-electron chi connectivity index (χ2n) is 5.52. The first kappa shape index (κ1) is 13.8. The molecule has 0 fully saturated rings. The quantitative estimate of drug-likeness (QED) is 0.905. The third-order valence-electron chi connectivity index (χ3n) is 3.94. The van der Waals surface area contributed by atoms with Crippen LogP contribution in [0.3, 0.4) is 0 Å². The lowest BCUT2D eigenvalue weighted by Gasteiger charge is -2.22. The second kappa shape index (κ2) is 5.30. The molecule has 4 nitrogen and oxygen atoms in total. The van der Waals surface area contributed by atoms with Crippen molar-refractivity contribution in [3.63, 3.8) is 0 Å². The van der Waals surface area contributed by atoms with Gasteiger partial charge in [0.25, 0.3) is 5.91 Å². The highest BCUT2D eigenvalue weighted by Gasteiger charge is 2.35. The zero-order valence-electron chi connectivity index (χ0n) is 12.2. The molecule has 0 unspecified atom stereocenters. The largest absolute Gasteiger partial charge is 0.388 e. The van der Waals surface area contributed by atoms with Crippen LogP contribution in [0.15, 0.2) is 58.9 Å². The topological polar surface area (TPSA) is 52.9 Å². The molecule has 1 N–H and O–H groups in total. The minimum absolute atomic E-state index is 0.110. The molecule has 2 aliphatic rings. The van der Waals surface area contributed by atoms with Crippen molar-refractivity contribution in [2.24, 2.45) is 10.9 Å². The maximum Gasteiger partial charge on any atom is 0.278 e. The van der Waals surface area contributed by atoms with Crippen LogP contribution in [0.1, 0.15) is 19.4 Å². The fourth-order valence-corrected chi connectivity index (χ4v) is 2.79. The first-order chi connectivity index (χ1) is 10.1. The Morgan fingerprint density at radius 2 is 2.00 bits per heavy atom. The number of benzene rings is 1. The van der Waals surface area contributed by atoms with Crippen molar-refractivity contribution in [2.45, 2.75) is 26.5 Å². The Labute approximate surface area is 124 Å². The van der Waals surface area contributed by atoms with Crippen LogP contribution in [0.5, 0.6) is 0 Å². The Bertz CT molecular complexity index is 659. The molecule has 0 bridgehead atoms. The molecular weight excluding hydrogens is 264 g/mol. The first-order valence-electron chi connectivity index (χ1n) is 7.09. The van der Waals surface area contributed by atoms with Gasteiger partial charge in [-0.25, -0.2) is 4.99 Å². The predicted octanol–water partition coefficient (Wildman–Crippen LogP) is 2.27. The molecule has 1 aromatic rings. The van der Waals surface area contributed by atoms with Gasteiger partial charge in [-0.1, -0.05) is 43.3 Å². The third-order valence-corrected chi connectivity index (χ3v) is 3.94. The first-order valence-corrected chi connectivity index (χ1v) is 7.09. The van der Waals surface area contributed by atoms with Crippen LogP contribution in [0.4, 0.5) is 0 Å². The number of rotatable bonds is 2. The van der Waals surface area contributed by atoms with Gasteiger partial charge in [-0.15, -0.1) is 0 Å². The number of aliphatic hydroxyl groups is 1. The number of amides is 1. The van der Waals surface area contributed by atoms with Gasteiger partial charge < -0.3 is 10.0 Å². The summed E-state index contributed by atoms with van der Waals surface area (Å²) in [4.78, 5) is 18.1. The van der Waals surface area contributed by atoms with Crippen molar-refractivity contribution in [3.8, 4) is 0 Å². The van der Waals surface area contributed by atoms with Crippen molar-refractivity contribution in [2.75, 3.05) is 0 Å². The van der Waals surface area contributed by atoms with Crippen LogP contribution >= 0.6 is 0 Å². The van der Waals surface area contributed by atoms with E-state index in [9.17, 15) is 9.90 Å². The van der Waals surface area contributed by atoms with E-state index in [-0.39, 0.29) is 11.8 Å². The molecule has 0 saturated carbocycles. The zero-order chi connectivity index (χ0) is 15.0. The van der Waals surface area contributed by atoms with Gasteiger partial charge in [0.15, 0.2) is 0 Å². The molecule has 108 valence electrons. The van der Waals surface area contributed by atoms with E-state index >= 15 is 0 Å². The Morgan fingerprint density at radius 3 is 2.71 bits per heavy atom. The molecule has 3 rings (SSSR count). The van der Waals surface area contributed by atoms with Gasteiger partial charge in [0.2, 0.25) is 0 Å². The molecule has 4 heteroatoms. The molecule has 2 heterocycles. The van der Waals surface area contributed by atoms with Crippen molar-refractivity contribution >= 4 is 11.6 Å². The highest BCUT2D eigenvalue weighted by Crippen LogP contribution is 2.31. The van der Waals surface area contributed by atoms with Crippen LogP contribution in [0.25, 0.3) is 0 Å². The van der Waals surface area contributed by atoms with Crippen LogP contribution in [-0.4, -0.2) is 27.7 Å². The SMILES string of the molecule is CC1=NC(=O)C2=C1N(Cc1ccccc1)C=C[C@@H](C)[C@@H]2O. The van der Waals surface area contributed by atoms with Crippen LogP contribution in [0.2, 0.25) is 0 Å². The maximum atomic E-state index is 12.1. The summed E-state index contributed by atoms with van der Waals surface area (Å²) < 4.78 is 0. The van der Waals surface area contributed by atoms with E-state index in [0.717, 1.165) is 11.3 Å². The minimum atomic E-state index is -0.800. The predicted molar refractivity (Wildman–Crippen MR) is 81.4 cm³/mol. The number of aliphatic imine (C=N–C) groups is 1. The average molecular weight is 282 g/mol. The van der Waals surface area contributed by atoms with Crippen molar-refractivity contribution in [3.05, 3.63) is 59.4 Å². The van der Waals surface area contributed by atoms with Crippen molar-refractivity contribution in [1.29, 1.82) is 0 Å². The standard InChI is InChI=1S/C17H18N2O2/c1-11-8-9-19(10-13-6-4-3-5-7-13)15-12(2)18-17(21)14(15)16(11)20/h3-9,11,16,20H,10H2,1-2H3/t11-,16+/m1/s1. The normalized spacial score (nSPS) is 25.0. The van der Waals surface area contributed by atoms with Crippen LogP contribution < -0.4 is 0 Å². The van der Waals surface area contributed by atoms with E-state index in [1.165, 1.54) is 0 Å². The number of hydrogen-bond acceptors (Lipinski definition) is 3. The lowest BCUT2D eigenvalue weighted by Crippen LogP contribution is -2.25. The zero-order valence-corrected chi connectivity index (χ0v) is 12.2. The average Bonchev–Trinajstić information content (AvgIpc) is 2.70. The van der Waals surface area contributed by atoms with Gasteiger partial charge in [-0.3, -0.25) is 4.79 Å². The number of allylic oxidation sites excluding steroid dienone is 1. The molecule has 21 heavy (non-hydrogen) atoms. The lowest BCUT2D eigenvalue weighted by atomic mass is 9.96. The summed E-state index contributed by atoms with van der Waals surface area (Å²) in [6.07, 6.45) is 3.08. The molecule has 2 aliphatic heterocycles. The number of aliphatic hydroxyl groups excluding tert-OH is 1. The molecule has 1 aromatic carbocycles. The molecule has 0 aliphatic carbocycles. The molecule has 0 saturated heterocycles. The minimum Gasteiger partial charge on any atom is -0.388 e.